The second kappa shape index (κ2) is 4.43. The lowest BCUT2D eigenvalue weighted by molar-refractivity contribution is -0.0265. The average Bonchev–Trinajstić information content (AvgIpc) is 2.40. The maximum Gasteiger partial charge on any atom is 0.0835 e. The molecule has 1 aromatic rings. The topological polar surface area (TPSA) is 23.5 Å². The van der Waals surface area contributed by atoms with E-state index >= 15 is 0 Å². The molecule has 17 heavy (non-hydrogen) atoms. The number of benzene rings is 1. The number of nitrogens with zero attached hydrogens (tertiary/aromatic N) is 1. The van der Waals surface area contributed by atoms with Crippen molar-refractivity contribution in [3.05, 3.63) is 35.4 Å². The highest BCUT2D eigenvalue weighted by Crippen LogP contribution is 2.40. The van der Waals surface area contributed by atoms with Crippen LogP contribution < -0.4 is 0 Å². The highest BCUT2D eigenvalue weighted by Gasteiger charge is 2.38. The molecule has 3 saturated heterocycles. The number of fused-ring (bicyclic) bond motifs is 3. The van der Waals surface area contributed by atoms with Gasteiger partial charge in [-0.3, -0.25) is 0 Å². The molecule has 0 radical (unpaired) electrons. The van der Waals surface area contributed by atoms with E-state index < -0.39 is 0 Å². The molecule has 0 saturated carbocycles. The van der Waals surface area contributed by atoms with Crippen LogP contribution in [0.2, 0.25) is 0 Å². The molecule has 0 aromatic heterocycles. The van der Waals surface area contributed by atoms with Gasteiger partial charge >= 0.3 is 0 Å². The van der Waals surface area contributed by atoms with Crippen molar-refractivity contribution in [2.75, 3.05) is 19.6 Å². The largest absolute Gasteiger partial charge is 0.388 e. The monoisotopic (exact) mass is 231 g/mol. The predicted molar refractivity (Wildman–Crippen MR) is 68.8 cm³/mol. The number of aliphatic hydroxyl groups excluding tert-OH is 1. The van der Waals surface area contributed by atoms with E-state index in [1.54, 1.807) is 0 Å². The minimum Gasteiger partial charge on any atom is -0.388 e. The van der Waals surface area contributed by atoms with Gasteiger partial charge in [0, 0.05) is 12.5 Å². The van der Waals surface area contributed by atoms with Crippen molar-refractivity contribution in [3.8, 4) is 0 Å². The summed E-state index contributed by atoms with van der Waals surface area (Å²) in [5, 5.41) is 10.6. The lowest BCUT2D eigenvalue weighted by atomic mass is 9.74. The van der Waals surface area contributed by atoms with Gasteiger partial charge in [-0.2, -0.15) is 0 Å². The Morgan fingerprint density at radius 3 is 2.53 bits per heavy atom. The summed E-state index contributed by atoms with van der Waals surface area (Å²) in [5.41, 5.74) is 2.35. The zero-order chi connectivity index (χ0) is 11.8. The molecule has 2 bridgehead atoms. The normalized spacial score (nSPS) is 33.6. The fraction of sp³-hybridized carbons (Fsp3) is 0.600. The number of hydrogen-bond acceptors (Lipinski definition) is 2. The van der Waals surface area contributed by atoms with Crippen molar-refractivity contribution in [2.24, 2.45) is 11.8 Å². The molecule has 1 N–H and O–H groups in total. The lowest BCUT2D eigenvalue weighted by Crippen LogP contribution is -2.49. The quantitative estimate of drug-likeness (QED) is 0.844. The lowest BCUT2D eigenvalue weighted by Gasteiger charge is -2.46. The number of aryl methyl sites for hydroxylation is 1. The van der Waals surface area contributed by atoms with E-state index in [1.807, 2.05) is 12.1 Å². The van der Waals surface area contributed by atoms with E-state index in [4.69, 9.17) is 0 Å². The van der Waals surface area contributed by atoms with Gasteiger partial charge in [0.15, 0.2) is 0 Å². The standard InChI is InChI=1S/C15H21NO/c1-11-4-2-3-5-13(11)15(17)14-10-16-8-6-12(14)7-9-16/h2-5,12,14-15,17H,6-10H2,1H3. The molecule has 3 aliphatic rings. The molecule has 2 unspecified atom stereocenters. The van der Waals surface area contributed by atoms with Crippen LogP contribution in [-0.2, 0) is 0 Å². The molecule has 3 aliphatic heterocycles. The molecule has 0 spiro atoms. The Morgan fingerprint density at radius 2 is 1.94 bits per heavy atom. The van der Waals surface area contributed by atoms with Crippen LogP contribution in [0.25, 0.3) is 0 Å². The Labute approximate surface area is 103 Å². The minimum absolute atomic E-state index is 0.274. The van der Waals surface area contributed by atoms with Crippen LogP contribution in [0, 0.1) is 18.8 Å². The smallest absolute Gasteiger partial charge is 0.0835 e. The summed E-state index contributed by atoms with van der Waals surface area (Å²) in [4.78, 5) is 2.51. The summed E-state index contributed by atoms with van der Waals surface area (Å²) in [5.74, 6) is 1.17. The van der Waals surface area contributed by atoms with Crippen molar-refractivity contribution < 1.29 is 5.11 Å². The molecule has 3 fully saturated rings. The number of rotatable bonds is 2. The fourth-order valence-electron chi connectivity index (χ4n) is 3.52. The molecule has 0 aliphatic carbocycles. The van der Waals surface area contributed by atoms with Gasteiger partial charge in [-0.05, 0) is 49.9 Å². The van der Waals surface area contributed by atoms with Crippen LogP contribution in [0.3, 0.4) is 0 Å². The first-order chi connectivity index (χ1) is 8.25. The van der Waals surface area contributed by atoms with Gasteiger partial charge in [0.05, 0.1) is 6.10 Å². The van der Waals surface area contributed by atoms with Crippen LogP contribution >= 0.6 is 0 Å². The molecule has 2 nitrogen and oxygen atoms in total. The molecule has 4 rings (SSSR count). The van der Waals surface area contributed by atoms with Gasteiger partial charge < -0.3 is 10.0 Å². The van der Waals surface area contributed by atoms with Gasteiger partial charge in [0.2, 0.25) is 0 Å². The van der Waals surface area contributed by atoms with Crippen LogP contribution in [0.4, 0.5) is 0 Å². The maximum atomic E-state index is 10.6. The summed E-state index contributed by atoms with van der Waals surface area (Å²) in [7, 11) is 0. The van der Waals surface area contributed by atoms with Crippen LogP contribution in [0.1, 0.15) is 30.1 Å². The van der Waals surface area contributed by atoms with E-state index in [-0.39, 0.29) is 6.10 Å². The third-order valence-corrected chi connectivity index (χ3v) is 4.62. The van der Waals surface area contributed by atoms with Crippen LogP contribution in [0.15, 0.2) is 24.3 Å². The Morgan fingerprint density at radius 1 is 1.24 bits per heavy atom. The second-order valence-electron chi connectivity index (χ2n) is 5.60. The third-order valence-electron chi connectivity index (χ3n) is 4.62. The number of piperidine rings is 3. The first-order valence-corrected chi connectivity index (χ1v) is 6.71. The molecule has 1 aromatic carbocycles. The molecule has 92 valence electrons. The van der Waals surface area contributed by atoms with Gasteiger partial charge in [0.1, 0.15) is 0 Å². The molecule has 0 amide bonds. The van der Waals surface area contributed by atoms with Crippen LogP contribution in [-0.4, -0.2) is 29.6 Å². The van der Waals surface area contributed by atoms with E-state index in [0.717, 1.165) is 18.0 Å². The number of hydrogen-bond donors (Lipinski definition) is 1. The molecule has 2 atom stereocenters. The average molecular weight is 231 g/mol. The van der Waals surface area contributed by atoms with Crippen molar-refractivity contribution in [2.45, 2.75) is 25.9 Å². The Hall–Kier alpha value is -0.860. The van der Waals surface area contributed by atoms with Gasteiger partial charge in [-0.25, -0.2) is 0 Å². The minimum atomic E-state index is -0.274. The molecular weight excluding hydrogens is 210 g/mol. The second-order valence-corrected chi connectivity index (χ2v) is 5.60. The van der Waals surface area contributed by atoms with E-state index in [2.05, 4.69) is 24.0 Å². The number of aliphatic hydroxyl groups is 1. The summed E-state index contributed by atoms with van der Waals surface area (Å²) >= 11 is 0. The first kappa shape index (κ1) is 11.2. The van der Waals surface area contributed by atoms with Crippen molar-refractivity contribution in [1.82, 2.24) is 4.90 Å². The Balaban J connectivity index is 1.83. The highest BCUT2D eigenvalue weighted by atomic mass is 16.3. The predicted octanol–water partition coefficient (Wildman–Crippen LogP) is 2.37. The molecule has 2 heteroatoms. The summed E-state index contributed by atoms with van der Waals surface area (Å²) in [6, 6.07) is 8.26. The van der Waals surface area contributed by atoms with Crippen molar-refractivity contribution in [3.63, 3.8) is 0 Å². The summed E-state index contributed by atoms with van der Waals surface area (Å²) in [6.45, 7) is 5.66. The van der Waals surface area contributed by atoms with Gasteiger partial charge in [-0.1, -0.05) is 24.3 Å². The van der Waals surface area contributed by atoms with Crippen molar-refractivity contribution in [1.29, 1.82) is 0 Å². The Kier molecular flexibility index (Phi) is 2.93. The third kappa shape index (κ3) is 2.00. The van der Waals surface area contributed by atoms with Crippen molar-refractivity contribution >= 4 is 0 Å². The first-order valence-electron chi connectivity index (χ1n) is 6.71. The fourth-order valence-corrected chi connectivity index (χ4v) is 3.52. The SMILES string of the molecule is Cc1ccccc1C(O)C1CN2CCC1CC2. The van der Waals surface area contributed by atoms with E-state index in [9.17, 15) is 5.11 Å². The van der Waals surface area contributed by atoms with E-state index in [1.165, 1.54) is 31.5 Å². The van der Waals surface area contributed by atoms with Crippen LogP contribution in [0.5, 0.6) is 0 Å². The van der Waals surface area contributed by atoms with Gasteiger partial charge in [0.25, 0.3) is 0 Å². The summed E-state index contributed by atoms with van der Waals surface area (Å²) < 4.78 is 0. The van der Waals surface area contributed by atoms with Gasteiger partial charge in [-0.15, -0.1) is 0 Å². The molecular formula is C15H21NO. The van der Waals surface area contributed by atoms with E-state index in [0.29, 0.717) is 5.92 Å². The Bertz CT molecular complexity index is 396. The summed E-state index contributed by atoms with van der Waals surface area (Å²) in [6.07, 6.45) is 2.27. The highest BCUT2D eigenvalue weighted by molar-refractivity contribution is 5.28. The maximum absolute atomic E-state index is 10.6. The zero-order valence-corrected chi connectivity index (χ0v) is 10.5. The molecule has 3 heterocycles. The zero-order valence-electron chi connectivity index (χ0n) is 10.5.